The van der Waals surface area contributed by atoms with Crippen LogP contribution in [0.1, 0.15) is 22.3 Å². The monoisotopic (exact) mass is 791 g/mol. The van der Waals surface area contributed by atoms with Crippen LogP contribution < -0.4 is 4.57 Å². The van der Waals surface area contributed by atoms with Crippen LogP contribution in [0, 0.1) is 24.5 Å². The van der Waals surface area contributed by atoms with Gasteiger partial charge in [-0.2, -0.15) is 29.8 Å². The maximum Gasteiger partial charge on any atom is 0.241 e. The Morgan fingerprint density at radius 3 is 1.96 bits per heavy atom. The van der Waals surface area contributed by atoms with Crippen LogP contribution in [0.2, 0.25) is 0 Å². The molecule has 47 heavy (non-hydrogen) atoms. The average molecular weight is 791 g/mol. The molecular formula is C41H36IrN5-3. The van der Waals surface area contributed by atoms with Crippen LogP contribution in [0.5, 0.6) is 0 Å². The van der Waals surface area contributed by atoms with Crippen molar-refractivity contribution in [1.29, 1.82) is 0 Å². The number of aryl methyl sites for hydroxylation is 6. The number of hydrogen-bond donors (Lipinski definition) is 0. The third kappa shape index (κ3) is 9.32. The zero-order chi connectivity index (χ0) is 31.6. The Kier molecular flexibility index (Phi) is 11.8. The first kappa shape index (κ1) is 33.5. The van der Waals surface area contributed by atoms with Gasteiger partial charge in [0.15, 0.2) is 0 Å². The molecule has 0 aliphatic carbocycles. The first-order valence-electron chi connectivity index (χ1n) is 15.5. The summed E-state index contributed by atoms with van der Waals surface area (Å²) in [7, 11) is 3.94. The molecule has 0 bridgehead atoms. The van der Waals surface area contributed by atoms with E-state index in [-0.39, 0.29) is 20.1 Å². The summed E-state index contributed by atoms with van der Waals surface area (Å²) in [5, 5.41) is 0. The topological polar surface area (TPSA) is 39.5 Å². The van der Waals surface area contributed by atoms with Crippen LogP contribution >= 0.6 is 0 Å². The molecule has 7 aromatic rings. The molecule has 7 rings (SSSR count). The molecule has 0 unspecified atom stereocenters. The Labute approximate surface area is 291 Å². The molecule has 3 aromatic heterocycles. The van der Waals surface area contributed by atoms with Crippen molar-refractivity contribution in [2.75, 3.05) is 0 Å². The van der Waals surface area contributed by atoms with Gasteiger partial charge in [-0.25, -0.2) is 0 Å². The van der Waals surface area contributed by atoms with Crippen molar-refractivity contribution in [3.8, 4) is 28.3 Å². The van der Waals surface area contributed by atoms with E-state index in [4.69, 9.17) is 0 Å². The molecule has 0 aliphatic heterocycles. The largest absolute Gasteiger partial charge is 0.373 e. The van der Waals surface area contributed by atoms with Gasteiger partial charge in [-0.15, -0.1) is 71.8 Å². The number of nitrogens with zero attached hydrogens (tertiary/aromatic N) is 5. The fraction of sp³-hybridized carbons (Fsp3) is 0.146. The van der Waals surface area contributed by atoms with E-state index >= 15 is 0 Å². The van der Waals surface area contributed by atoms with Crippen LogP contribution in [-0.4, -0.2) is 19.1 Å². The van der Waals surface area contributed by atoms with Crippen molar-refractivity contribution in [3.05, 3.63) is 181 Å². The number of rotatable bonds is 9. The third-order valence-corrected chi connectivity index (χ3v) is 7.80. The summed E-state index contributed by atoms with van der Waals surface area (Å²) >= 11 is 0. The molecule has 6 heteroatoms. The van der Waals surface area contributed by atoms with Gasteiger partial charge in [-0.1, -0.05) is 48.5 Å². The molecule has 5 nitrogen and oxygen atoms in total. The minimum absolute atomic E-state index is 0. The molecule has 1 radical (unpaired) electrons. The van der Waals surface area contributed by atoms with Crippen molar-refractivity contribution in [2.45, 2.75) is 25.7 Å². The second-order valence-corrected chi connectivity index (χ2v) is 11.2. The summed E-state index contributed by atoms with van der Waals surface area (Å²) in [5.41, 5.74) is 9.35. The fourth-order valence-corrected chi connectivity index (χ4v) is 5.25. The third-order valence-electron chi connectivity index (χ3n) is 7.80. The van der Waals surface area contributed by atoms with Gasteiger partial charge in [0.1, 0.15) is 0 Å². The maximum atomic E-state index is 4.63. The quantitative estimate of drug-likeness (QED) is 0.115. The van der Waals surface area contributed by atoms with E-state index in [1.165, 1.54) is 22.3 Å². The second-order valence-electron chi connectivity index (χ2n) is 11.2. The molecule has 0 atom stereocenters. The number of hydrogen-bond acceptors (Lipinski definition) is 2. The predicted octanol–water partition coefficient (Wildman–Crippen LogP) is 7.22. The summed E-state index contributed by atoms with van der Waals surface area (Å²) in [6.45, 7) is 0. The summed E-state index contributed by atoms with van der Waals surface area (Å²) in [6, 6.07) is 45.2. The summed E-state index contributed by atoms with van der Waals surface area (Å²) < 4.78 is 5.84. The molecule has 237 valence electrons. The van der Waals surface area contributed by atoms with Gasteiger partial charge < -0.3 is 18.7 Å². The zero-order valence-electron chi connectivity index (χ0n) is 26.6. The van der Waals surface area contributed by atoms with Crippen molar-refractivity contribution < 1.29 is 24.7 Å². The Balaban J connectivity index is 0.000000280. The fourth-order valence-electron chi connectivity index (χ4n) is 5.25. The first-order valence-corrected chi connectivity index (χ1v) is 15.5. The minimum Gasteiger partial charge on any atom is -0.373 e. The second kappa shape index (κ2) is 16.6. The molecule has 0 N–H and O–H groups in total. The molecule has 3 heterocycles. The number of benzene rings is 4. The van der Waals surface area contributed by atoms with Crippen LogP contribution in [-0.2, 0) is 59.9 Å². The van der Waals surface area contributed by atoms with Crippen LogP contribution in [0.15, 0.2) is 134 Å². The van der Waals surface area contributed by atoms with E-state index in [0.29, 0.717) is 0 Å². The number of pyridine rings is 1. The van der Waals surface area contributed by atoms with E-state index in [1.807, 2.05) is 101 Å². The number of imidazole rings is 2. The van der Waals surface area contributed by atoms with Crippen molar-refractivity contribution in [2.24, 2.45) is 14.1 Å². The molecule has 0 spiro atoms. The molecule has 0 aliphatic rings. The van der Waals surface area contributed by atoms with Gasteiger partial charge in [0.25, 0.3) is 0 Å². The molecule has 0 saturated heterocycles. The average Bonchev–Trinajstić information content (AvgIpc) is 3.76. The Hall–Kier alpha value is -4.90. The normalized spacial score (nSPS) is 10.5. The van der Waals surface area contributed by atoms with Gasteiger partial charge in [-0.05, 0) is 41.6 Å². The predicted molar refractivity (Wildman–Crippen MR) is 182 cm³/mol. The van der Waals surface area contributed by atoms with Gasteiger partial charge in [0.05, 0.1) is 12.9 Å². The Bertz CT molecular complexity index is 1940. The summed E-state index contributed by atoms with van der Waals surface area (Å²) in [6.07, 6.45) is 16.9. The zero-order valence-corrected chi connectivity index (χ0v) is 29.0. The minimum atomic E-state index is 0. The summed E-state index contributed by atoms with van der Waals surface area (Å²) in [4.78, 5) is 8.85. The maximum absolute atomic E-state index is 4.63. The molecule has 0 amide bonds. The van der Waals surface area contributed by atoms with E-state index in [2.05, 4.69) is 89.1 Å². The smallest absolute Gasteiger partial charge is 0.241 e. The van der Waals surface area contributed by atoms with E-state index in [0.717, 1.165) is 54.0 Å². The molecular weight excluding hydrogens is 755 g/mol. The van der Waals surface area contributed by atoms with Crippen molar-refractivity contribution in [1.82, 2.24) is 19.1 Å². The van der Waals surface area contributed by atoms with Gasteiger partial charge in [-0.3, -0.25) is 4.98 Å². The first-order chi connectivity index (χ1) is 22.6. The SMILES string of the molecule is C[n+]1[c-]n(-c2[c-]cc(CCc3cccc(CCc4ccc(-c5[c-]cccc5)nc4)c3)cc2)cc1.Cn1ccnc1-c1[c-]cccc1.[Ir]. The van der Waals surface area contributed by atoms with Crippen molar-refractivity contribution in [3.63, 3.8) is 0 Å². The van der Waals surface area contributed by atoms with Crippen LogP contribution in [0.3, 0.4) is 0 Å². The molecule has 4 aromatic carbocycles. The molecule has 0 saturated carbocycles. The van der Waals surface area contributed by atoms with Crippen molar-refractivity contribution >= 4 is 0 Å². The summed E-state index contributed by atoms with van der Waals surface area (Å²) in [5.74, 6) is 0.954. The van der Waals surface area contributed by atoms with Crippen LogP contribution in [0.4, 0.5) is 0 Å². The van der Waals surface area contributed by atoms with E-state index < -0.39 is 0 Å². The Morgan fingerprint density at radius 1 is 0.681 bits per heavy atom. The van der Waals surface area contributed by atoms with Gasteiger partial charge >= 0.3 is 0 Å². The van der Waals surface area contributed by atoms with Crippen LogP contribution in [0.25, 0.3) is 28.3 Å². The van der Waals surface area contributed by atoms with E-state index in [1.54, 1.807) is 6.20 Å². The number of aromatic nitrogens is 5. The Morgan fingerprint density at radius 2 is 1.38 bits per heavy atom. The van der Waals surface area contributed by atoms with Gasteiger partial charge in [0, 0.05) is 58.1 Å². The van der Waals surface area contributed by atoms with Gasteiger partial charge in [0.2, 0.25) is 6.33 Å². The standard InChI is InChI=1S/C31H27N3.C10H9N2.Ir/c1-33-20-21-34(24-33)30-17-14-25(15-18-30)10-11-26-6-5-7-27(22-26)12-13-28-16-19-31(32-23-28)29-8-3-2-4-9-29;1-12-8-7-11-10(12)9-5-3-2-4-6-9;/h2-8,14-17,19-23H,10-13H2,1H3;2-5,7-8H,1H3;/q-2;-1;. The molecule has 0 fully saturated rings. The van der Waals surface area contributed by atoms with E-state index in [9.17, 15) is 0 Å².